The Morgan fingerprint density at radius 2 is 1.75 bits per heavy atom. The highest BCUT2D eigenvalue weighted by Gasteiger charge is 2.08. The predicted molar refractivity (Wildman–Crippen MR) is 66.0 cm³/mol. The largest absolute Gasteiger partial charge is 0.491 e. The molecule has 0 radical (unpaired) electrons. The zero-order chi connectivity index (χ0) is 12.1. The molecule has 1 aromatic carbocycles. The van der Waals surface area contributed by atoms with Crippen molar-refractivity contribution in [3.8, 4) is 5.75 Å². The monoisotopic (exact) mass is 223 g/mol. The number of rotatable bonds is 5. The number of hydrogen-bond acceptors (Lipinski definition) is 3. The molecule has 1 aromatic rings. The van der Waals surface area contributed by atoms with E-state index in [0.717, 1.165) is 11.3 Å². The molecule has 1 atom stereocenters. The van der Waals surface area contributed by atoms with Crippen LogP contribution < -0.4 is 10.5 Å². The van der Waals surface area contributed by atoms with E-state index in [4.69, 9.17) is 15.2 Å². The lowest BCUT2D eigenvalue weighted by Crippen LogP contribution is -2.32. The Kier molecular flexibility index (Phi) is 4.77. The van der Waals surface area contributed by atoms with E-state index in [1.807, 2.05) is 6.92 Å². The molecule has 0 aliphatic heterocycles. The van der Waals surface area contributed by atoms with Crippen LogP contribution in [-0.2, 0) is 4.74 Å². The van der Waals surface area contributed by atoms with Crippen molar-refractivity contribution >= 4 is 0 Å². The van der Waals surface area contributed by atoms with E-state index >= 15 is 0 Å². The average Bonchev–Trinajstić information content (AvgIpc) is 2.24. The molecule has 1 unspecified atom stereocenters. The fraction of sp³-hybridized carbons (Fsp3) is 0.538. The maximum Gasteiger partial charge on any atom is 0.125 e. The molecule has 16 heavy (non-hydrogen) atoms. The van der Waals surface area contributed by atoms with Crippen LogP contribution >= 0.6 is 0 Å². The summed E-state index contributed by atoms with van der Waals surface area (Å²) in [5.41, 5.74) is 9.39. The topological polar surface area (TPSA) is 44.5 Å². The lowest BCUT2D eigenvalue weighted by molar-refractivity contribution is 0.152. The maximum atomic E-state index is 5.82. The van der Waals surface area contributed by atoms with Crippen LogP contribution in [0.15, 0.2) is 12.1 Å². The summed E-state index contributed by atoms with van der Waals surface area (Å²) >= 11 is 0. The number of nitrogens with two attached hydrogens (primary N) is 1. The van der Waals surface area contributed by atoms with E-state index in [-0.39, 0.29) is 6.04 Å². The minimum atomic E-state index is -0.0793. The lowest BCUT2D eigenvalue weighted by atomic mass is 10.1. The lowest BCUT2D eigenvalue weighted by Gasteiger charge is -2.16. The Labute approximate surface area is 97.6 Å². The molecule has 90 valence electrons. The van der Waals surface area contributed by atoms with Crippen molar-refractivity contribution in [2.45, 2.75) is 26.8 Å². The number of aryl methyl sites for hydroxylation is 2. The summed E-state index contributed by atoms with van der Waals surface area (Å²) in [6, 6.07) is 4.09. The summed E-state index contributed by atoms with van der Waals surface area (Å²) < 4.78 is 10.7. The van der Waals surface area contributed by atoms with E-state index in [1.165, 1.54) is 11.1 Å². The summed E-state index contributed by atoms with van der Waals surface area (Å²) in [4.78, 5) is 0. The Morgan fingerprint density at radius 3 is 2.38 bits per heavy atom. The summed E-state index contributed by atoms with van der Waals surface area (Å²) in [5.74, 6) is 0.951. The zero-order valence-electron chi connectivity index (χ0n) is 10.5. The molecule has 0 fully saturated rings. The summed E-state index contributed by atoms with van der Waals surface area (Å²) in [7, 11) is 1.64. The van der Waals surface area contributed by atoms with Gasteiger partial charge in [-0.3, -0.25) is 0 Å². The van der Waals surface area contributed by atoms with Crippen molar-refractivity contribution in [2.24, 2.45) is 5.73 Å². The van der Waals surface area contributed by atoms with Crippen molar-refractivity contribution in [2.75, 3.05) is 20.3 Å². The molecule has 0 spiro atoms. The van der Waals surface area contributed by atoms with Crippen LogP contribution in [-0.4, -0.2) is 26.4 Å². The van der Waals surface area contributed by atoms with E-state index in [0.29, 0.717) is 13.2 Å². The second-order valence-corrected chi connectivity index (χ2v) is 4.18. The third-order valence-corrected chi connectivity index (χ3v) is 2.70. The average molecular weight is 223 g/mol. The Morgan fingerprint density at radius 1 is 1.12 bits per heavy atom. The van der Waals surface area contributed by atoms with Crippen LogP contribution in [0.1, 0.15) is 16.7 Å². The standard InChI is InChI=1S/C13H21NO2/c1-9-5-6-10(2)13(11(9)3)16-8-12(14)7-15-4/h5-6,12H,7-8,14H2,1-4H3. The Bertz CT molecular complexity index is 350. The minimum absolute atomic E-state index is 0.0793. The highest BCUT2D eigenvalue weighted by Crippen LogP contribution is 2.25. The number of hydrogen-bond donors (Lipinski definition) is 1. The molecule has 1 rings (SSSR count). The van der Waals surface area contributed by atoms with Gasteiger partial charge in [-0.25, -0.2) is 0 Å². The van der Waals surface area contributed by atoms with Crippen LogP contribution in [0.3, 0.4) is 0 Å². The zero-order valence-corrected chi connectivity index (χ0v) is 10.5. The molecule has 3 heteroatoms. The van der Waals surface area contributed by atoms with Gasteiger partial charge < -0.3 is 15.2 Å². The van der Waals surface area contributed by atoms with Gasteiger partial charge in [0.05, 0.1) is 12.6 Å². The third kappa shape index (κ3) is 3.22. The molecule has 0 aromatic heterocycles. The quantitative estimate of drug-likeness (QED) is 0.830. The fourth-order valence-electron chi connectivity index (χ4n) is 1.60. The van der Waals surface area contributed by atoms with E-state index in [2.05, 4.69) is 26.0 Å². The fourth-order valence-corrected chi connectivity index (χ4v) is 1.60. The molecule has 0 amide bonds. The molecule has 0 heterocycles. The SMILES string of the molecule is COCC(N)COc1c(C)ccc(C)c1C. The van der Waals surface area contributed by atoms with Crippen molar-refractivity contribution in [3.05, 3.63) is 28.8 Å². The van der Waals surface area contributed by atoms with Crippen LogP contribution in [0.5, 0.6) is 5.75 Å². The number of methoxy groups -OCH3 is 1. The van der Waals surface area contributed by atoms with Gasteiger partial charge in [-0.2, -0.15) is 0 Å². The van der Waals surface area contributed by atoms with Gasteiger partial charge in [-0.1, -0.05) is 12.1 Å². The van der Waals surface area contributed by atoms with Crippen molar-refractivity contribution < 1.29 is 9.47 Å². The highest BCUT2D eigenvalue weighted by molar-refractivity contribution is 5.44. The maximum absolute atomic E-state index is 5.82. The van der Waals surface area contributed by atoms with Crippen LogP contribution in [0.2, 0.25) is 0 Å². The summed E-state index contributed by atoms with van der Waals surface area (Å²) in [6.07, 6.45) is 0. The molecule has 0 saturated heterocycles. The molecule has 2 N–H and O–H groups in total. The number of benzene rings is 1. The molecule has 0 bridgehead atoms. The second-order valence-electron chi connectivity index (χ2n) is 4.18. The Hall–Kier alpha value is -1.06. The van der Waals surface area contributed by atoms with Crippen molar-refractivity contribution in [3.63, 3.8) is 0 Å². The van der Waals surface area contributed by atoms with Gasteiger partial charge in [0.25, 0.3) is 0 Å². The minimum Gasteiger partial charge on any atom is -0.491 e. The van der Waals surface area contributed by atoms with Crippen LogP contribution in [0, 0.1) is 20.8 Å². The highest BCUT2D eigenvalue weighted by atomic mass is 16.5. The first kappa shape index (κ1) is 13.0. The van der Waals surface area contributed by atoms with Gasteiger partial charge in [0, 0.05) is 7.11 Å². The summed E-state index contributed by atoms with van der Waals surface area (Å²) in [5, 5.41) is 0. The normalized spacial score (nSPS) is 12.6. The van der Waals surface area contributed by atoms with Crippen molar-refractivity contribution in [1.29, 1.82) is 0 Å². The van der Waals surface area contributed by atoms with Gasteiger partial charge in [0.2, 0.25) is 0 Å². The van der Waals surface area contributed by atoms with E-state index in [9.17, 15) is 0 Å². The predicted octanol–water partition coefficient (Wildman–Crippen LogP) is 1.96. The second kappa shape index (κ2) is 5.87. The molecule has 0 aliphatic carbocycles. The van der Waals surface area contributed by atoms with E-state index < -0.39 is 0 Å². The molecular weight excluding hydrogens is 202 g/mol. The first-order chi connectivity index (χ1) is 7.56. The van der Waals surface area contributed by atoms with Gasteiger partial charge in [-0.05, 0) is 37.5 Å². The van der Waals surface area contributed by atoms with Gasteiger partial charge in [-0.15, -0.1) is 0 Å². The van der Waals surface area contributed by atoms with E-state index in [1.54, 1.807) is 7.11 Å². The molecule has 0 saturated carbocycles. The molecule has 0 aliphatic rings. The summed E-state index contributed by atoms with van der Waals surface area (Å²) in [6.45, 7) is 7.20. The smallest absolute Gasteiger partial charge is 0.125 e. The van der Waals surface area contributed by atoms with Gasteiger partial charge >= 0.3 is 0 Å². The van der Waals surface area contributed by atoms with Crippen LogP contribution in [0.25, 0.3) is 0 Å². The van der Waals surface area contributed by atoms with Crippen LogP contribution in [0.4, 0.5) is 0 Å². The third-order valence-electron chi connectivity index (χ3n) is 2.70. The first-order valence-electron chi connectivity index (χ1n) is 5.50. The number of ether oxygens (including phenoxy) is 2. The Balaban J connectivity index is 2.70. The van der Waals surface area contributed by atoms with Crippen molar-refractivity contribution in [1.82, 2.24) is 0 Å². The van der Waals surface area contributed by atoms with Gasteiger partial charge in [0.1, 0.15) is 12.4 Å². The van der Waals surface area contributed by atoms with Gasteiger partial charge in [0.15, 0.2) is 0 Å². The molecular formula is C13H21NO2. The first-order valence-corrected chi connectivity index (χ1v) is 5.50. The molecule has 3 nitrogen and oxygen atoms in total.